The summed E-state index contributed by atoms with van der Waals surface area (Å²) in [6.45, 7) is 4.02. The molecular weight excluding hydrogens is 288 g/mol. The quantitative estimate of drug-likeness (QED) is 0.499. The van der Waals surface area contributed by atoms with Crippen LogP contribution in [0.1, 0.15) is 0 Å². The number of anilines is 1. The number of nitrogen functional groups attached to an aromatic ring is 1. The molecule has 0 radical (unpaired) electrons. The van der Waals surface area contributed by atoms with E-state index >= 15 is 0 Å². The van der Waals surface area contributed by atoms with E-state index in [9.17, 15) is 4.79 Å². The van der Waals surface area contributed by atoms with Gasteiger partial charge in [0.2, 0.25) is 5.91 Å². The van der Waals surface area contributed by atoms with Gasteiger partial charge in [0.15, 0.2) is 0 Å². The Balaban J connectivity index is 2.48. The van der Waals surface area contributed by atoms with Crippen molar-refractivity contribution in [3.05, 3.63) is 35.3 Å². The number of hydrogen-bond acceptors (Lipinski definition) is 3. The molecule has 0 atom stereocenters. The van der Waals surface area contributed by atoms with E-state index in [1.165, 1.54) is 11.8 Å². The summed E-state index contributed by atoms with van der Waals surface area (Å²) in [7, 11) is 0. The van der Waals surface area contributed by atoms with Crippen LogP contribution in [-0.2, 0) is 4.79 Å². The molecule has 16 heavy (non-hydrogen) atoms. The Labute approximate surface area is 108 Å². The average Bonchev–Trinajstić information content (AvgIpc) is 2.25. The van der Waals surface area contributed by atoms with Crippen LogP contribution in [0.4, 0.5) is 5.69 Å². The van der Waals surface area contributed by atoms with Crippen LogP contribution in [0.25, 0.3) is 0 Å². The van der Waals surface area contributed by atoms with Gasteiger partial charge in [0.05, 0.1) is 5.75 Å². The molecule has 3 N–H and O–H groups in total. The van der Waals surface area contributed by atoms with Gasteiger partial charge in [-0.15, -0.1) is 18.3 Å². The smallest absolute Gasteiger partial charge is 0.230 e. The maximum absolute atomic E-state index is 11.3. The third kappa shape index (κ3) is 4.28. The first kappa shape index (κ1) is 13.1. The summed E-state index contributed by atoms with van der Waals surface area (Å²) in [6.07, 6.45) is 1.65. The lowest BCUT2D eigenvalue weighted by Gasteiger charge is -2.05. The summed E-state index contributed by atoms with van der Waals surface area (Å²) >= 11 is 4.75. The highest BCUT2D eigenvalue weighted by Gasteiger charge is 2.04. The highest BCUT2D eigenvalue weighted by atomic mass is 79.9. The largest absolute Gasteiger partial charge is 0.398 e. The highest BCUT2D eigenvalue weighted by molar-refractivity contribution is 9.10. The van der Waals surface area contributed by atoms with E-state index in [1.807, 2.05) is 18.2 Å². The van der Waals surface area contributed by atoms with Crippen LogP contribution in [0, 0.1) is 0 Å². The molecule has 0 saturated carbocycles. The Morgan fingerprint density at radius 2 is 2.38 bits per heavy atom. The Morgan fingerprint density at radius 3 is 3.00 bits per heavy atom. The molecule has 5 heteroatoms. The van der Waals surface area contributed by atoms with Gasteiger partial charge in [-0.05, 0) is 18.2 Å². The molecule has 1 amide bonds. The molecule has 1 aromatic rings. The molecule has 0 unspecified atom stereocenters. The lowest BCUT2D eigenvalue weighted by molar-refractivity contribution is -0.118. The van der Waals surface area contributed by atoms with Gasteiger partial charge < -0.3 is 11.1 Å². The molecule has 0 aliphatic carbocycles. The van der Waals surface area contributed by atoms with Crippen molar-refractivity contribution in [2.45, 2.75) is 4.90 Å². The maximum Gasteiger partial charge on any atom is 0.230 e. The molecule has 3 nitrogen and oxygen atoms in total. The van der Waals surface area contributed by atoms with Crippen molar-refractivity contribution < 1.29 is 4.79 Å². The standard InChI is InChI=1S/C11H13BrN2OS/c1-2-5-14-11(15)7-16-10-4-3-8(12)6-9(10)13/h2-4,6H,1,5,7,13H2,(H,14,15). The molecular formula is C11H13BrN2OS. The van der Waals surface area contributed by atoms with Crippen molar-refractivity contribution in [2.24, 2.45) is 0 Å². The van der Waals surface area contributed by atoms with E-state index in [0.29, 0.717) is 18.0 Å². The van der Waals surface area contributed by atoms with Crippen LogP contribution in [0.3, 0.4) is 0 Å². The maximum atomic E-state index is 11.3. The molecule has 0 fully saturated rings. The van der Waals surface area contributed by atoms with E-state index in [-0.39, 0.29) is 5.91 Å². The summed E-state index contributed by atoms with van der Waals surface area (Å²) in [4.78, 5) is 12.2. The van der Waals surface area contributed by atoms with Gasteiger partial charge in [0.25, 0.3) is 0 Å². The van der Waals surface area contributed by atoms with Crippen LogP contribution < -0.4 is 11.1 Å². The first-order valence-electron chi connectivity index (χ1n) is 4.69. The Kier molecular flexibility index (Phi) is 5.42. The van der Waals surface area contributed by atoms with Gasteiger partial charge >= 0.3 is 0 Å². The van der Waals surface area contributed by atoms with Crippen molar-refractivity contribution >= 4 is 39.3 Å². The zero-order valence-electron chi connectivity index (χ0n) is 8.70. The minimum absolute atomic E-state index is 0.0211. The highest BCUT2D eigenvalue weighted by Crippen LogP contribution is 2.27. The first-order chi connectivity index (χ1) is 7.63. The summed E-state index contributed by atoms with van der Waals surface area (Å²) in [6, 6.07) is 5.62. The Bertz CT molecular complexity index is 396. The van der Waals surface area contributed by atoms with Crippen molar-refractivity contribution in [3.8, 4) is 0 Å². The number of nitrogens with one attached hydrogen (secondary N) is 1. The summed E-state index contributed by atoms with van der Waals surface area (Å²) < 4.78 is 0.936. The third-order valence-corrected chi connectivity index (χ3v) is 3.36. The van der Waals surface area contributed by atoms with Crippen molar-refractivity contribution in [1.29, 1.82) is 0 Å². The Hall–Kier alpha value is -0.940. The first-order valence-corrected chi connectivity index (χ1v) is 6.46. The van der Waals surface area contributed by atoms with Crippen LogP contribution >= 0.6 is 27.7 Å². The molecule has 0 aliphatic heterocycles. The second-order valence-corrected chi connectivity index (χ2v) is 5.00. The number of hydrogen-bond donors (Lipinski definition) is 2. The van der Waals surface area contributed by atoms with Crippen LogP contribution in [0.2, 0.25) is 0 Å². The predicted octanol–water partition coefficient (Wildman–Crippen LogP) is 2.43. The van der Waals surface area contributed by atoms with Gasteiger partial charge in [-0.3, -0.25) is 4.79 Å². The van der Waals surface area contributed by atoms with E-state index in [4.69, 9.17) is 5.73 Å². The number of carbonyl (C=O) groups is 1. The molecule has 0 bridgehead atoms. The van der Waals surface area contributed by atoms with Crippen LogP contribution in [-0.4, -0.2) is 18.2 Å². The zero-order valence-corrected chi connectivity index (χ0v) is 11.1. The minimum Gasteiger partial charge on any atom is -0.398 e. The number of halogens is 1. The lowest BCUT2D eigenvalue weighted by Crippen LogP contribution is -2.24. The SMILES string of the molecule is C=CCNC(=O)CSc1ccc(Br)cc1N. The second-order valence-electron chi connectivity index (χ2n) is 3.06. The molecule has 0 aromatic heterocycles. The molecule has 0 aliphatic rings. The molecule has 86 valence electrons. The van der Waals surface area contributed by atoms with Gasteiger partial charge in [0.1, 0.15) is 0 Å². The van der Waals surface area contributed by atoms with E-state index < -0.39 is 0 Å². The van der Waals surface area contributed by atoms with Crippen molar-refractivity contribution in [2.75, 3.05) is 18.0 Å². The van der Waals surface area contributed by atoms with Crippen LogP contribution in [0.15, 0.2) is 40.2 Å². The number of carbonyl (C=O) groups excluding carboxylic acids is 1. The lowest BCUT2D eigenvalue weighted by atomic mass is 10.3. The van der Waals surface area contributed by atoms with Crippen molar-refractivity contribution in [1.82, 2.24) is 5.32 Å². The van der Waals surface area contributed by atoms with Gasteiger partial charge in [0, 0.05) is 21.6 Å². The minimum atomic E-state index is -0.0211. The van der Waals surface area contributed by atoms with Crippen molar-refractivity contribution in [3.63, 3.8) is 0 Å². The second kappa shape index (κ2) is 6.60. The van der Waals surface area contributed by atoms with Gasteiger partial charge in [-0.2, -0.15) is 0 Å². The number of amides is 1. The number of thioether (sulfide) groups is 1. The summed E-state index contributed by atoms with van der Waals surface area (Å²) in [5, 5.41) is 2.71. The van der Waals surface area contributed by atoms with Crippen LogP contribution in [0.5, 0.6) is 0 Å². The number of rotatable bonds is 5. The van der Waals surface area contributed by atoms with E-state index in [1.54, 1.807) is 6.08 Å². The number of benzene rings is 1. The molecule has 0 spiro atoms. The molecule has 1 rings (SSSR count). The normalized spacial score (nSPS) is 9.81. The topological polar surface area (TPSA) is 55.1 Å². The van der Waals surface area contributed by atoms with E-state index in [2.05, 4.69) is 27.8 Å². The average molecular weight is 301 g/mol. The molecule has 0 heterocycles. The zero-order chi connectivity index (χ0) is 12.0. The molecule has 1 aromatic carbocycles. The fourth-order valence-corrected chi connectivity index (χ4v) is 2.19. The van der Waals surface area contributed by atoms with Gasteiger partial charge in [-0.25, -0.2) is 0 Å². The number of nitrogens with two attached hydrogens (primary N) is 1. The monoisotopic (exact) mass is 300 g/mol. The molecule has 0 saturated heterocycles. The van der Waals surface area contributed by atoms with E-state index in [0.717, 1.165) is 9.37 Å². The summed E-state index contributed by atoms with van der Waals surface area (Å²) in [5.41, 5.74) is 6.49. The summed E-state index contributed by atoms with van der Waals surface area (Å²) in [5.74, 6) is 0.340. The Morgan fingerprint density at radius 1 is 1.62 bits per heavy atom. The fourth-order valence-electron chi connectivity index (χ4n) is 1.03. The fraction of sp³-hybridized carbons (Fsp3) is 0.182. The predicted molar refractivity (Wildman–Crippen MR) is 72.5 cm³/mol. The third-order valence-electron chi connectivity index (χ3n) is 1.77. The van der Waals surface area contributed by atoms with Gasteiger partial charge in [-0.1, -0.05) is 22.0 Å².